The lowest BCUT2D eigenvalue weighted by molar-refractivity contribution is 0.000705. The molecule has 0 radical (unpaired) electrons. The molecule has 0 N–H and O–H groups in total. The van der Waals surface area contributed by atoms with Gasteiger partial charge < -0.3 is 14.7 Å². The second kappa shape index (κ2) is 6.75. The Morgan fingerprint density at radius 2 is 2.00 bits per heavy atom. The summed E-state index contributed by atoms with van der Waals surface area (Å²) < 4.78 is 13.1. The molecule has 0 saturated carbocycles. The standard InChI is InChI=1S/C24H29FN4/c1-4-19-6-9-22-20(11-19)7-5-17(2)29(22)18(3)27-13-24(14-27)15-28(16-24)23-10-8-21(25)12-26-23/h6,8-12,17H,3-5,7,13-16H2,1-2H3. The fourth-order valence-electron chi connectivity index (χ4n) is 5.20. The van der Waals surface area contributed by atoms with Crippen molar-refractivity contribution < 1.29 is 4.39 Å². The molecule has 1 aromatic heterocycles. The summed E-state index contributed by atoms with van der Waals surface area (Å²) in [6, 6.07) is 10.7. The number of likely N-dealkylation sites (tertiary alicyclic amines) is 1. The normalized spacial score (nSPS) is 22.2. The third kappa shape index (κ3) is 3.07. The number of hydrogen-bond acceptors (Lipinski definition) is 4. The van der Waals surface area contributed by atoms with E-state index in [4.69, 9.17) is 0 Å². The van der Waals surface area contributed by atoms with E-state index >= 15 is 0 Å². The maximum atomic E-state index is 13.1. The maximum absolute atomic E-state index is 13.1. The first-order valence-electron chi connectivity index (χ1n) is 10.7. The van der Waals surface area contributed by atoms with Gasteiger partial charge in [-0.25, -0.2) is 9.37 Å². The molecule has 1 aromatic carbocycles. The highest BCUT2D eigenvalue weighted by atomic mass is 19.1. The van der Waals surface area contributed by atoms with Crippen molar-refractivity contribution in [2.75, 3.05) is 36.0 Å². The molecule has 1 unspecified atom stereocenters. The van der Waals surface area contributed by atoms with Crippen LogP contribution in [0.2, 0.25) is 0 Å². The number of halogens is 1. The van der Waals surface area contributed by atoms with Crippen LogP contribution in [0, 0.1) is 11.2 Å². The molecule has 4 nitrogen and oxygen atoms in total. The summed E-state index contributed by atoms with van der Waals surface area (Å²) in [5.41, 5.74) is 4.52. The largest absolute Gasteiger partial charge is 0.357 e. The Morgan fingerprint density at radius 3 is 2.69 bits per heavy atom. The zero-order valence-corrected chi connectivity index (χ0v) is 17.4. The summed E-state index contributed by atoms with van der Waals surface area (Å²) >= 11 is 0. The molecule has 29 heavy (non-hydrogen) atoms. The van der Waals surface area contributed by atoms with Crippen molar-refractivity contribution in [2.45, 2.75) is 39.2 Å². The van der Waals surface area contributed by atoms with Crippen LogP contribution >= 0.6 is 0 Å². The summed E-state index contributed by atoms with van der Waals surface area (Å²) in [7, 11) is 0. The third-order valence-corrected chi connectivity index (χ3v) is 6.87. The van der Waals surface area contributed by atoms with Crippen LogP contribution in [-0.4, -0.2) is 42.1 Å². The Labute approximate surface area is 172 Å². The van der Waals surface area contributed by atoms with Crippen LogP contribution in [0.1, 0.15) is 31.4 Å². The van der Waals surface area contributed by atoms with Gasteiger partial charge in [-0.1, -0.05) is 25.6 Å². The van der Waals surface area contributed by atoms with Crippen molar-refractivity contribution in [3.63, 3.8) is 0 Å². The molecule has 3 aliphatic heterocycles. The van der Waals surface area contributed by atoms with Crippen molar-refractivity contribution in [1.82, 2.24) is 9.88 Å². The first-order chi connectivity index (χ1) is 14.0. The van der Waals surface area contributed by atoms with Gasteiger partial charge in [0.15, 0.2) is 0 Å². The Hall–Kier alpha value is -2.56. The van der Waals surface area contributed by atoms with Gasteiger partial charge in [-0.05, 0) is 55.5 Å². The van der Waals surface area contributed by atoms with Gasteiger partial charge in [-0.2, -0.15) is 0 Å². The number of aromatic nitrogens is 1. The Balaban J connectivity index is 1.25. The number of anilines is 2. The quantitative estimate of drug-likeness (QED) is 0.777. The lowest BCUT2D eigenvalue weighted by atomic mass is 9.72. The first-order valence-corrected chi connectivity index (χ1v) is 10.7. The molecular weight excluding hydrogens is 363 g/mol. The predicted molar refractivity (Wildman–Crippen MR) is 116 cm³/mol. The summed E-state index contributed by atoms with van der Waals surface area (Å²) in [4.78, 5) is 11.3. The molecule has 4 heterocycles. The Bertz CT molecular complexity index is 924. The smallest absolute Gasteiger partial charge is 0.141 e. The molecule has 3 aliphatic rings. The van der Waals surface area contributed by atoms with Crippen LogP contribution in [-0.2, 0) is 12.8 Å². The highest BCUT2D eigenvalue weighted by molar-refractivity contribution is 5.61. The van der Waals surface area contributed by atoms with E-state index in [1.54, 1.807) is 6.07 Å². The van der Waals surface area contributed by atoms with Crippen molar-refractivity contribution in [1.29, 1.82) is 0 Å². The minimum atomic E-state index is -0.280. The third-order valence-electron chi connectivity index (χ3n) is 6.87. The second-order valence-corrected chi connectivity index (χ2v) is 9.04. The fraction of sp³-hybridized carbons (Fsp3) is 0.458. The van der Waals surface area contributed by atoms with Gasteiger partial charge in [-0.15, -0.1) is 0 Å². The highest BCUT2D eigenvalue weighted by Crippen LogP contribution is 2.45. The molecule has 5 rings (SSSR count). The monoisotopic (exact) mass is 392 g/mol. The minimum absolute atomic E-state index is 0.280. The van der Waals surface area contributed by atoms with Crippen molar-refractivity contribution >= 4 is 11.5 Å². The van der Waals surface area contributed by atoms with Crippen LogP contribution in [0.3, 0.4) is 0 Å². The Kier molecular flexibility index (Phi) is 4.30. The van der Waals surface area contributed by atoms with Crippen molar-refractivity contribution in [3.05, 3.63) is 65.9 Å². The van der Waals surface area contributed by atoms with E-state index in [0.29, 0.717) is 11.5 Å². The summed E-state index contributed by atoms with van der Waals surface area (Å²) in [5, 5.41) is 0. The molecule has 0 amide bonds. The topological polar surface area (TPSA) is 22.6 Å². The lowest BCUT2D eigenvalue weighted by Gasteiger charge is -2.62. The molecular formula is C24H29FN4. The highest BCUT2D eigenvalue weighted by Gasteiger charge is 2.53. The SMILES string of the molecule is C=C(N1CC2(C1)CN(c1ccc(F)cn1)C2)N1c2ccc(CC)cc2CCC1C. The van der Waals surface area contributed by atoms with E-state index in [1.807, 2.05) is 0 Å². The van der Waals surface area contributed by atoms with Crippen LogP contribution in [0.4, 0.5) is 15.9 Å². The van der Waals surface area contributed by atoms with E-state index in [0.717, 1.165) is 50.7 Å². The van der Waals surface area contributed by atoms with Gasteiger partial charge in [0.1, 0.15) is 17.5 Å². The number of hydrogen-bond donors (Lipinski definition) is 0. The summed E-state index contributed by atoms with van der Waals surface area (Å²) in [5.74, 6) is 1.73. The zero-order valence-electron chi connectivity index (χ0n) is 17.4. The predicted octanol–water partition coefficient (Wildman–Crippen LogP) is 4.22. The molecule has 2 aromatic rings. The summed E-state index contributed by atoms with van der Waals surface area (Å²) in [6.07, 6.45) is 4.70. The molecule has 1 spiro atoms. The summed E-state index contributed by atoms with van der Waals surface area (Å²) in [6.45, 7) is 13.1. The average Bonchev–Trinajstić information content (AvgIpc) is 2.66. The number of benzene rings is 1. The molecule has 152 valence electrons. The van der Waals surface area contributed by atoms with E-state index in [2.05, 4.69) is 58.3 Å². The molecule has 5 heteroatoms. The van der Waals surface area contributed by atoms with Crippen LogP contribution < -0.4 is 9.80 Å². The lowest BCUT2D eigenvalue weighted by Crippen LogP contribution is -2.72. The first kappa shape index (κ1) is 18.5. The van der Waals surface area contributed by atoms with Crippen LogP contribution in [0.15, 0.2) is 48.9 Å². The van der Waals surface area contributed by atoms with Gasteiger partial charge in [0, 0.05) is 43.3 Å². The van der Waals surface area contributed by atoms with E-state index in [-0.39, 0.29) is 5.82 Å². The number of fused-ring (bicyclic) bond motifs is 1. The molecule has 0 bridgehead atoms. The second-order valence-electron chi connectivity index (χ2n) is 9.04. The molecule has 2 saturated heterocycles. The molecule has 1 atom stereocenters. The number of rotatable bonds is 4. The average molecular weight is 393 g/mol. The van der Waals surface area contributed by atoms with Crippen molar-refractivity contribution in [3.8, 4) is 0 Å². The van der Waals surface area contributed by atoms with Crippen LogP contribution in [0.25, 0.3) is 0 Å². The number of pyridine rings is 1. The van der Waals surface area contributed by atoms with E-state index in [1.165, 1.54) is 35.5 Å². The van der Waals surface area contributed by atoms with Gasteiger partial charge >= 0.3 is 0 Å². The molecule has 0 aliphatic carbocycles. The van der Waals surface area contributed by atoms with Gasteiger partial charge in [0.2, 0.25) is 0 Å². The van der Waals surface area contributed by atoms with E-state index in [9.17, 15) is 4.39 Å². The maximum Gasteiger partial charge on any atom is 0.141 e. The van der Waals surface area contributed by atoms with Crippen molar-refractivity contribution in [2.24, 2.45) is 5.41 Å². The van der Waals surface area contributed by atoms with Gasteiger partial charge in [0.05, 0.1) is 6.20 Å². The van der Waals surface area contributed by atoms with Gasteiger partial charge in [-0.3, -0.25) is 0 Å². The zero-order chi connectivity index (χ0) is 20.2. The Morgan fingerprint density at radius 1 is 1.21 bits per heavy atom. The van der Waals surface area contributed by atoms with Crippen LogP contribution in [0.5, 0.6) is 0 Å². The molecule has 2 fully saturated rings. The van der Waals surface area contributed by atoms with E-state index < -0.39 is 0 Å². The van der Waals surface area contributed by atoms with Gasteiger partial charge in [0.25, 0.3) is 0 Å². The number of aryl methyl sites for hydroxylation is 2. The minimum Gasteiger partial charge on any atom is -0.357 e. The fourth-order valence-corrected chi connectivity index (χ4v) is 5.20. The number of nitrogens with zero attached hydrogens (tertiary/aromatic N) is 4.